The average Bonchev–Trinajstić information content (AvgIpc) is 2.63. The molecule has 14 heavy (non-hydrogen) atoms. The molecule has 1 aromatic heterocycles. The van der Waals surface area contributed by atoms with Crippen LogP contribution in [-0.2, 0) is 13.1 Å². The van der Waals surface area contributed by atoms with Crippen LogP contribution in [0, 0.1) is 0 Å². The van der Waals surface area contributed by atoms with Crippen molar-refractivity contribution < 1.29 is 4.74 Å². The molecule has 5 nitrogen and oxygen atoms in total. The van der Waals surface area contributed by atoms with Gasteiger partial charge in [0.05, 0.1) is 18.4 Å². The van der Waals surface area contributed by atoms with E-state index in [0.717, 1.165) is 24.3 Å². The van der Waals surface area contributed by atoms with E-state index in [1.165, 1.54) is 0 Å². The molecule has 76 valence electrons. The molecule has 0 fully saturated rings. The minimum atomic E-state index is 0.684. The van der Waals surface area contributed by atoms with Gasteiger partial charge in [-0.3, -0.25) is 0 Å². The standard InChI is InChI=1S/C9H14N4O/c1-13(2)9-11-7-5-10-4-6(7)8(12-9)14-3/h10H,4-5H2,1-3H3. The molecule has 0 spiro atoms. The second-order valence-electron chi connectivity index (χ2n) is 3.46. The summed E-state index contributed by atoms with van der Waals surface area (Å²) in [7, 11) is 5.48. The largest absolute Gasteiger partial charge is 0.481 e. The zero-order chi connectivity index (χ0) is 10.1. The lowest BCUT2D eigenvalue weighted by atomic mass is 10.2. The zero-order valence-corrected chi connectivity index (χ0v) is 8.66. The van der Waals surface area contributed by atoms with Gasteiger partial charge in [0.1, 0.15) is 0 Å². The van der Waals surface area contributed by atoms with Crippen LogP contribution in [0.15, 0.2) is 0 Å². The van der Waals surface area contributed by atoms with E-state index in [1.807, 2.05) is 19.0 Å². The van der Waals surface area contributed by atoms with E-state index in [9.17, 15) is 0 Å². The van der Waals surface area contributed by atoms with Crippen molar-refractivity contribution in [2.24, 2.45) is 0 Å². The van der Waals surface area contributed by atoms with Gasteiger partial charge in [-0.05, 0) is 0 Å². The summed E-state index contributed by atoms with van der Waals surface area (Å²) in [6, 6.07) is 0. The maximum absolute atomic E-state index is 5.23. The molecule has 2 heterocycles. The van der Waals surface area contributed by atoms with Crippen molar-refractivity contribution in [2.45, 2.75) is 13.1 Å². The van der Waals surface area contributed by atoms with E-state index in [-0.39, 0.29) is 0 Å². The fourth-order valence-corrected chi connectivity index (χ4v) is 1.49. The van der Waals surface area contributed by atoms with Crippen LogP contribution < -0.4 is 15.0 Å². The van der Waals surface area contributed by atoms with E-state index in [1.54, 1.807) is 7.11 Å². The Morgan fingerprint density at radius 2 is 2.07 bits per heavy atom. The lowest BCUT2D eigenvalue weighted by Crippen LogP contribution is -2.14. The van der Waals surface area contributed by atoms with Gasteiger partial charge in [-0.2, -0.15) is 4.98 Å². The molecular weight excluding hydrogens is 180 g/mol. The molecule has 0 aliphatic carbocycles. The van der Waals surface area contributed by atoms with E-state index in [4.69, 9.17) is 4.74 Å². The second kappa shape index (κ2) is 3.42. The number of hydrogen-bond acceptors (Lipinski definition) is 5. The number of nitrogens with zero attached hydrogens (tertiary/aromatic N) is 3. The second-order valence-corrected chi connectivity index (χ2v) is 3.46. The summed E-state index contributed by atoms with van der Waals surface area (Å²) in [5, 5.41) is 3.23. The minimum Gasteiger partial charge on any atom is -0.481 e. The van der Waals surface area contributed by atoms with E-state index >= 15 is 0 Å². The maximum atomic E-state index is 5.23. The van der Waals surface area contributed by atoms with Gasteiger partial charge >= 0.3 is 0 Å². The van der Waals surface area contributed by atoms with Crippen LogP contribution in [0.5, 0.6) is 5.88 Å². The normalized spacial score (nSPS) is 13.9. The molecule has 2 rings (SSSR count). The summed E-state index contributed by atoms with van der Waals surface area (Å²) >= 11 is 0. The number of ether oxygens (including phenoxy) is 1. The van der Waals surface area contributed by atoms with Crippen molar-refractivity contribution in [2.75, 3.05) is 26.1 Å². The Bertz CT molecular complexity index is 351. The molecule has 1 aromatic rings. The third-order valence-corrected chi connectivity index (χ3v) is 2.23. The average molecular weight is 194 g/mol. The van der Waals surface area contributed by atoms with Crippen LogP contribution in [0.1, 0.15) is 11.3 Å². The summed E-state index contributed by atoms with van der Waals surface area (Å²) in [6.07, 6.45) is 0. The number of hydrogen-bond donors (Lipinski definition) is 1. The number of methoxy groups -OCH3 is 1. The van der Waals surface area contributed by atoms with Crippen LogP contribution in [-0.4, -0.2) is 31.2 Å². The minimum absolute atomic E-state index is 0.684. The molecule has 0 saturated carbocycles. The predicted octanol–water partition coefficient (Wildman–Crippen LogP) is 0.154. The summed E-state index contributed by atoms with van der Waals surface area (Å²) in [5.74, 6) is 1.38. The first kappa shape index (κ1) is 9.21. The van der Waals surface area contributed by atoms with Crippen LogP contribution in [0.4, 0.5) is 5.95 Å². The molecule has 0 bridgehead atoms. The number of aromatic nitrogens is 2. The number of rotatable bonds is 2. The van der Waals surface area contributed by atoms with E-state index < -0.39 is 0 Å². The summed E-state index contributed by atoms with van der Waals surface area (Å²) in [5.41, 5.74) is 2.12. The SMILES string of the molecule is COc1nc(N(C)C)nc2c1CNC2. The smallest absolute Gasteiger partial charge is 0.228 e. The van der Waals surface area contributed by atoms with Gasteiger partial charge in [0, 0.05) is 27.2 Å². The molecule has 5 heteroatoms. The summed E-state index contributed by atoms with van der Waals surface area (Å²) in [4.78, 5) is 10.6. The first-order chi connectivity index (χ1) is 6.72. The molecule has 1 N–H and O–H groups in total. The monoisotopic (exact) mass is 194 g/mol. The van der Waals surface area contributed by atoms with Gasteiger partial charge in [-0.15, -0.1) is 0 Å². The highest BCUT2D eigenvalue weighted by Gasteiger charge is 2.19. The van der Waals surface area contributed by atoms with Crippen molar-refractivity contribution in [3.63, 3.8) is 0 Å². The number of nitrogens with one attached hydrogen (secondary N) is 1. The molecule has 0 aromatic carbocycles. The Morgan fingerprint density at radius 3 is 2.71 bits per heavy atom. The topological polar surface area (TPSA) is 50.3 Å². The lowest BCUT2D eigenvalue weighted by Gasteiger charge is -2.13. The number of anilines is 1. The molecular formula is C9H14N4O. The van der Waals surface area contributed by atoms with Crippen LogP contribution in [0.25, 0.3) is 0 Å². The Morgan fingerprint density at radius 1 is 1.29 bits per heavy atom. The quantitative estimate of drug-likeness (QED) is 0.726. The van der Waals surface area contributed by atoms with Gasteiger partial charge in [0.25, 0.3) is 0 Å². The highest BCUT2D eigenvalue weighted by Crippen LogP contribution is 2.24. The molecule has 1 aliphatic rings. The van der Waals surface area contributed by atoms with Gasteiger partial charge in [-0.25, -0.2) is 4.98 Å². The lowest BCUT2D eigenvalue weighted by molar-refractivity contribution is 0.392. The fourth-order valence-electron chi connectivity index (χ4n) is 1.49. The Labute approximate surface area is 83.1 Å². The molecule has 0 atom stereocenters. The zero-order valence-electron chi connectivity index (χ0n) is 8.66. The van der Waals surface area contributed by atoms with Crippen molar-refractivity contribution in [3.05, 3.63) is 11.3 Å². The third kappa shape index (κ3) is 1.39. The molecule has 1 aliphatic heterocycles. The summed E-state index contributed by atoms with van der Waals surface area (Å²) < 4.78 is 5.23. The Kier molecular flexibility index (Phi) is 2.25. The predicted molar refractivity (Wildman–Crippen MR) is 53.5 cm³/mol. The fraction of sp³-hybridized carbons (Fsp3) is 0.556. The van der Waals surface area contributed by atoms with Crippen molar-refractivity contribution in [1.29, 1.82) is 0 Å². The van der Waals surface area contributed by atoms with E-state index in [0.29, 0.717) is 11.8 Å². The van der Waals surface area contributed by atoms with Gasteiger partial charge in [0.2, 0.25) is 11.8 Å². The highest BCUT2D eigenvalue weighted by molar-refractivity contribution is 5.41. The van der Waals surface area contributed by atoms with Crippen molar-refractivity contribution in [3.8, 4) is 5.88 Å². The summed E-state index contributed by atoms with van der Waals surface area (Å²) in [6.45, 7) is 1.60. The van der Waals surface area contributed by atoms with Crippen LogP contribution >= 0.6 is 0 Å². The van der Waals surface area contributed by atoms with Crippen LogP contribution in [0.3, 0.4) is 0 Å². The molecule has 0 unspecified atom stereocenters. The molecule has 0 amide bonds. The Hall–Kier alpha value is -1.36. The van der Waals surface area contributed by atoms with Crippen molar-refractivity contribution in [1.82, 2.24) is 15.3 Å². The van der Waals surface area contributed by atoms with E-state index in [2.05, 4.69) is 15.3 Å². The maximum Gasteiger partial charge on any atom is 0.228 e. The first-order valence-electron chi connectivity index (χ1n) is 4.54. The van der Waals surface area contributed by atoms with Gasteiger partial charge in [0.15, 0.2) is 0 Å². The highest BCUT2D eigenvalue weighted by atomic mass is 16.5. The molecule has 0 radical (unpaired) electrons. The first-order valence-corrected chi connectivity index (χ1v) is 4.54. The molecule has 0 saturated heterocycles. The Balaban J connectivity index is 2.49. The van der Waals surface area contributed by atoms with Gasteiger partial charge in [-0.1, -0.05) is 0 Å². The van der Waals surface area contributed by atoms with Crippen molar-refractivity contribution >= 4 is 5.95 Å². The van der Waals surface area contributed by atoms with Crippen LogP contribution in [0.2, 0.25) is 0 Å². The third-order valence-electron chi connectivity index (χ3n) is 2.23. The number of fused-ring (bicyclic) bond motifs is 1. The van der Waals surface area contributed by atoms with Gasteiger partial charge < -0.3 is 15.0 Å².